The topological polar surface area (TPSA) is 24.9 Å². The van der Waals surface area contributed by atoms with Crippen LogP contribution in [0.2, 0.25) is 5.02 Å². The number of hydrogen-bond acceptors (Lipinski definition) is 3. The molecule has 0 unspecified atom stereocenters. The summed E-state index contributed by atoms with van der Waals surface area (Å²) in [5.74, 6) is 0. The van der Waals surface area contributed by atoms with Crippen LogP contribution in [0.25, 0.3) is 11.1 Å². The SMILES string of the molecule is FC(F)(F)c1cccc(SNCc2cccc(-c3ccncc3Cl)c2)c1. The van der Waals surface area contributed by atoms with E-state index in [4.69, 9.17) is 11.6 Å². The Bertz CT molecular complexity index is 900. The van der Waals surface area contributed by atoms with Crippen LogP contribution in [0, 0.1) is 0 Å². The summed E-state index contributed by atoms with van der Waals surface area (Å²) in [5.41, 5.74) is 2.18. The number of rotatable bonds is 5. The van der Waals surface area contributed by atoms with Crippen LogP contribution < -0.4 is 4.72 Å². The Balaban J connectivity index is 1.66. The molecule has 2 nitrogen and oxygen atoms in total. The van der Waals surface area contributed by atoms with Gasteiger partial charge in [0.2, 0.25) is 0 Å². The van der Waals surface area contributed by atoms with E-state index in [9.17, 15) is 13.2 Å². The highest BCUT2D eigenvalue weighted by atomic mass is 35.5. The second-order valence-corrected chi connectivity index (χ2v) is 6.88. The summed E-state index contributed by atoms with van der Waals surface area (Å²) in [6.07, 6.45) is -1.07. The summed E-state index contributed by atoms with van der Waals surface area (Å²) < 4.78 is 41.3. The molecular weight excluding hydrogens is 381 g/mol. The van der Waals surface area contributed by atoms with Crippen molar-refractivity contribution < 1.29 is 13.2 Å². The van der Waals surface area contributed by atoms with Gasteiger partial charge in [0.15, 0.2) is 0 Å². The second kappa shape index (κ2) is 8.12. The maximum absolute atomic E-state index is 12.7. The number of nitrogens with one attached hydrogen (secondary N) is 1. The molecule has 3 aromatic rings. The third kappa shape index (κ3) is 4.78. The average Bonchev–Trinajstić information content (AvgIpc) is 2.62. The first-order chi connectivity index (χ1) is 12.4. The zero-order valence-corrected chi connectivity index (χ0v) is 15.0. The molecule has 0 aliphatic carbocycles. The van der Waals surface area contributed by atoms with Gasteiger partial charge in [0, 0.05) is 29.4 Å². The van der Waals surface area contributed by atoms with Gasteiger partial charge in [-0.1, -0.05) is 35.9 Å². The van der Waals surface area contributed by atoms with Crippen molar-refractivity contribution in [2.75, 3.05) is 0 Å². The van der Waals surface area contributed by atoms with Gasteiger partial charge in [0.25, 0.3) is 0 Å². The fraction of sp³-hybridized carbons (Fsp3) is 0.105. The monoisotopic (exact) mass is 394 g/mol. The van der Waals surface area contributed by atoms with E-state index in [1.54, 1.807) is 18.5 Å². The molecule has 3 rings (SSSR count). The Morgan fingerprint density at radius 2 is 1.85 bits per heavy atom. The minimum Gasteiger partial charge on any atom is -0.263 e. The molecule has 1 aromatic heterocycles. The van der Waals surface area contributed by atoms with Crippen molar-refractivity contribution in [1.29, 1.82) is 0 Å². The highest BCUT2D eigenvalue weighted by molar-refractivity contribution is 7.97. The van der Waals surface area contributed by atoms with Crippen LogP contribution >= 0.6 is 23.5 Å². The first kappa shape index (κ1) is 18.8. The maximum atomic E-state index is 12.7. The number of nitrogens with zero attached hydrogens (tertiary/aromatic N) is 1. The van der Waals surface area contributed by atoms with E-state index in [0.29, 0.717) is 16.5 Å². The van der Waals surface area contributed by atoms with E-state index in [2.05, 4.69) is 9.71 Å². The Morgan fingerprint density at radius 1 is 1.04 bits per heavy atom. The lowest BCUT2D eigenvalue weighted by atomic mass is 10.0. The third-order valence-electron chi connectivity index (χ3n) is 3.64. The van der Waals surface area contributed by atoms with Crippen molar-refractivity contribution >= 4 is 23.5 Å². The Labute approximate surface area is 158 Å². The Morgan fingerprint density at radius 3 is 2.62 bits per heavy atom. The summed E-state index contributed by atoms with van der Waals surface area (Å²) >= 11 is 7.34. The summed E-state index contributed by atoms with van der Waals surface area (Å²) in [5, 5.41) is 0.566. The molecule has 0 saturated carbocycles. The molecule has 0 atom stereocenters. The van der Waals surface area contributed by atoms with Crippen LogP contribution in [-0.4, -0.2) is 4.98 Å². The quantitative estimate of drug-likeness (QED) is 0.520. The maximum Gasteiger partial charge on any atom is 0.416 e. The molecule has 0 radical (unpaired) electrons. The predicted octanol–water partition coefficient (Wildman–Crippen LogP) is 6.22. The van der Waals surface area contributed by atoms with Crippen LogP contribution in [0.3, 0.4) is 0 Å². The molecule has 1 N–H and O–H groups in total. The number of pyridine rings is 1. The van der Waals surface area contributed by atoms with E-state index in [1.807, 2.05) is 30.3 Å². The molecule has 0 amide bonds. The lowest BCUT2D eigenvalue weighted by Crippen LogP contribution is -2.06. The van der Waals surface area contributed by atoms with Crippen LogP contribution in [0.5, 0.6) is 0 Å². The summed E-state index contributed by atoms with van der Waals surface area (Å²) in [4.78, 5) is 4.48. The van der Waals surface area contributed by atoms with Gasteiger partial charge in [0.1, 0.15) is 0 Å². The van der Waals surface area contributed by atoms with Gasteiger partial charge in [0.05, 0.1) is 10.6 Å². The molecule has 0 aliphatic heterocycles. The van der Waals surface area contributed by atoms with Crippen LogP contribution in [0.1, 0.15) is 11.1 Å². The Hall–Kier alpha value is -2.02. The van der Waals surface area contributed by atoms with Crippen molar-refractivity contribution in [2.24, 2.45) is 0 Å². The molecule has 0 spiro atoms. The number of benzene rings is 2. The number of hydrogen-bond donors (Lipinski definition) is 1. The van der Waals surface area contributed by atoms with Crippen molar-refractivity contribution in [2.45, 2.75) is 17.6 Å². The zero-order valence-electron chi connectivity index (χ0n) is 13.4. The van der Waals surface area contributed by atoms with Gasteiger partial charge in [-0.3, -0.25) is 9.71 Å². The summed E-state index contributed by atoms with van der Waals surface area (Å²) in [7, 11) is 0. The van der Waals surface area contributed by atoms with Gasteiger partial charge in [-0.25, -0.2) is 0 Å². The first-order valence-corrected chi connectivity index (χ1v) is 8.89. The van der Waals surface area contributed by atoms with Gasteiger partial charge in [-0.2, -0.15) is 13.2 Å². The fourth-order valence-corrected chi connectivity index (χ4v) is 3.36. The largest absolute Gasteiger partial charge is 0.416 e. The predicted molar refractivity (Wildman–Crippen MR) is 98.8 cm³/mol. The zero-order chi connectivity index (χ0) is 18.6. The normalized spacial score (nSPS) is 11.5. The van der Waals surface area contributed by atoms with E-state index in [0.717, 1.165) is 40.8 Å². The van der Waals surface area contributed by atoms with Gasteiger partial charge >= 0.3 is 6.18 Å². The van der Waals surface area contributed by atoms with E-state index in [1.165, 1.54) is 6.07 Å². The smallest absolute Gasteiger partial charge is 0.263 e. The molecule has 0 saturated heterocycles. The van der Waals surface area contributed by atoms with Crippen molar-refractivity contribution in [3.8, 4) is 11.1 Å². The molecular formula is C19H14ClF3N2S. The van der Waals surface area contributed by atoms with E-state index >= 15 is 0 Å². The van der Waals surface area contributed by atoms with E-state index < -0.39 is 11.7 Å². The minimum absolute atomic E-state index is 0.497. The number of aromatic nitrogens is 1. The summed E-state index contributed by atoms with van der Waals surface area (Å²) in [6, 6.07) is 14.9. The van der Waals surface area contributed by atoms with Gasteiger partial charge in [-0.05, 0) is 53.4 Å². The van der Waals surface area contributed by atoms with Crippen LogP contribution in [0.4, 0.5) is 13.2 Å². The van der Waals surface area contributed by atoms with E-state index in [-0.39, 0.29) is 0 Å². The number of alkyl halides is 3. The van der Waals surface area contributed by atoms with Crippen molar-refractivity contribution in [1.82, 2.24) is 9.71 Å². The molecule has 0 fully saturated rings. The van der Waals surface area contributed by atoms with Gasteiger partial charge in [-0.15, -0.1) is 0 Å². The highest BCUT2D eigenvalue weighted by Gasteiger charge is 2.30. The molecule has 0 aliphatic rings. The van der Waals surface area contributed by atoms with Crippen molar-refractivity contribution in [3.63, 3.8) is 0 Å². The molecule has 0 bridgehead atoms. The molecule has 26 heavy (non-hydrogen) atoms. The Kier molecular flexibility index (Phi) is 5.86. The minimum atomic E-state index is -4.34. The number of halogens is 4. The lowest BCUT2D eigenvalue weighted by Gasteiger charge is -2.10. The second-order valence-electron chi connectivity index (χ2n) is 5.50. The van der Waals surface area contributed by atoms with Crippen molar-refractivity contribution in [3.05, 3.63) is 83.1 Å². The van der Waals surface area contributed by atoms with Gasteiger partial charge < -0.3 is 0 Å². The molecule has 1 heterocycles. The average molecular weight is 395 g/mol. The van der Waals surface area contributed by atoms with Crippen LogP contribution in [-0.2, 0) is 12.7 Å². The molecule has 2 aromatic carbocycles. The summed E-state index contributed by atoms with van der Waals surface area (Å²) in [6.45, 7) is 0.497. The first-order valence-electron chi connectivity index (χ1n) is 7.69. The highest BCUT2D eigenvalue weighted by Crippen LogP contribution is 2.31. The molecule has 134 valence electrons. The fourth-order valence-electron chi connectivity index (χ4n) is 2.40. The third-order valence-corrected chi connectivity index (χ3v) is 4.72. The van der Waals surface area contributed by atoms with Crippen LogP contribution in [0.15, 0.2) is 71.9 Å². The lowest BCUT2D eigenvalue weighted by molar-refractivity contribution is -0.137. The standard InChI is InChI=1S/C19H14ClF3N2S/c20-18-12-24-8-7-17(18)14-4-1-3-13(9-14)11-25-26-16-6-2-5-15(10-16)19(21,22)23/h1-10,12,25H,11H2. The molecule has 7 heteroatoms.